The second-order valence-corrected chi connectivity index (χ2v) is 7.40. The van der Waals surface area contributed by atoms with Gasteiger partial charge in [-0.25, -0.2) is 8.42 Å². The summed E-state index contributed by atoms with van der Waals surface area (Å²) in [7, 11) is -3.48. The summed E-state index contributed by atoms with van der Waals surface area (Å²) in [6.07, 6.45) is 0.265. The molecule has 4 nitrogen and oxygen atoms in total. The molecule has 18 heavy (non-hydrogen) atoms. The lowest BCUT2D eigenvalue weighted by Gasteiger charge is -2.28. The summed E-state index contributed by atoms with van der Waals surface area (Å²) in [4.78, 5) is 11.3. The molecule has 0 saturated carbocycles. The van der Waals surface area contributed by atoms with Gasteiger partial charge in [-0.1, -0.05) is 33.6 Å². The molecule has 0 aliphatic carbocycles. The van der Waals surface area contributed by atoms with E-state index in [4.69, 9.17) is 0 Å². The minimum absolute atomic E-state index is 0.0605. The fraction of sp³-hybridized carbons (Fsp3) is 0.417. The largest absolute Gasteiger partial charge is 0.298 e. The molecule has 1 fully saturated rings. The minimum atomic E-state index is -3.48. The highest BCUT2D eigenvalue weighted by Crippen LogP contribution is 2.22. The lowest BCUT2D eigenvalue weighted by molar-refractivity contribution is -0.119. The summed E-state index contributed by atoms with van der Waals surface area (Å²) in [6, 6.07) is 6.75. The van der Waals surface area contributed by atoms with Crippen molar-refractivity contribution in [3.05, 3.63) is 29.8 Å². The SMILES string of the molecule is Cc1ccc(S(=O)(=O)N2CCC(=O)[C@H](Br)C2)cc1. The number of nitrogens with zero attached hydrogens (tertiary/aromatic N) is 1. The van der Waals surface area contributed by atoms with Crippen LogP contribution in [0, 0.1) is 6.92 Å². The zero-order chi connectivity index (χ0) is 13.3. The first-order valence-electron chi connectivity index (χ1n) is 5.65. The molecule has 0 radical (unpaired) electrons. The number of carbonyl (C=O) groups excluding carboxylic acids is 1. The molecule has 1 aromatic rings. The molecule has 0 unspecified atom stereocenters. The van der Waals surface area contributed by atoms with Gasteiger partial charge in [0.05, 0.1) is 9.72 Å². The van der Waals surface area contributed by atoms with E-state index in [-0.39, 0.29) is 30.2 Å². The van der Waals surface area contributed by atoms with E-state index in [0.29, 0.717) is 0 Å². The highest BCUT2D eigenvalue weighted by Gasteiger charge is 2.33. The van der Waals surface area contributed by atoms with Crippen molar-refractivity contribution in [1.29, 1.82) is 0 Å². The molecule has 1 saturated heterocycles. The second kappa shape index (κ2) is 5.11. The minimum Gasteiger partial charge on any atom is -0.298 e. The lowest BCUT2D eigenvalue weighted by Crippen LogP contribution is -2.44. The highest BCUT2D eigenvalue weighted by molar-refractivity contribution is 9.10. The molecule has 0 N–H and O–H groups in total. The number of hydrogen-bond donors (Lipinski definition) is 0. The fourth-order valence-corrected chi connectivity index (χ4v) is 4.07. The first kappa shape index (κ1) is 13.7. The van der Waals surface area contributed by atoms with Crippen molar-refractivity contribution in [1.82, 2.24) is 4.31 Å². The van der Waals surface area contributed by atoms with Gasteiger partial charge in [0.15, 0.2) is 0 Å². The number of alkyl halides is 1. The summed E-state index contributed by atoms with van der Waals surface area (Å²) < 4.78 is 26.0. The number of piperidine rings is 1. The summed E-state index contributed by atoms with van der Waals surface area (Å²) in [6.45, 7) is 2.37. The van der Waals surface area contributed by atoms with Crippen LogP contribution < -0.4 is 0 Å². The molecule has 0 spiro atoms. The Labute approximate surface area is 115 Å². The Hall–Kier alpha value is -0.720. The molecule has 98 valence electrons. The molecule has 1 atom stereocenters. The van der Waals surface area contributed by atoms with E-state index in [0.717, 1.165) is 5.56 Å². The summed E-state index contributed by atoms with van der Waals surface area (Å²) in [5, 5.41) is 0. The van der Waals surface area contributed by atoms with Crippen molar-refractivity contribution in [2.24, 2.45) is 0 Å². The molecule has 1 aliphatic rings. The van der Waals surface area contributed by atoms with Crippen LogP contribution in [0.2, 0.25) is 0 Å². The van der Waals surface area contributed by atoms with Crippen LogP contribution in [0.5, 0.6) is 0 Å². The summed E-state index contributed by atoms with van der Waals surface area (Å²) in [5.74, 6) is 0.0605. The predicted octanol–water partition coefficient (Wildman–Crippen LogP) is 1.72. The molecule has 6 heteroatoms. The molecular formula is C12H14BrNO3S. The van der Waals surface area contributed by atoms with Gasteiger partial charge in [0.25, 0.3) is 0 Å². The van der Waals surface area contributed by atoms with E-state index < -0.39 is 14.9 Å². The Morgan fingerprint density at radius 2 is 1.89 bits per heavy atom. The standard InChI is InChI=1S/C12H14BrNO3S/c1-9-2-4-10(5-3-9)18(16,17)14-7-6-12(15)11(13)8-14/h2-5,11H,6-8H2,1H3/t11-/m1/s1. The average molecular weight is 332 g/mol. The molecular weight excluding hydrogens is 318 g/mol. The van der Waals surface area contributed by atoms with Crippen molar-refractivity contribution >= 4 is 31.7 Å². The third-order valence-corrected chi connectivity index (χ3v) is 5.66. The van der Waals surface area contributed by atoms with Crippen LogP contribution in [-0.4, -0.2) is 36.4 Å². The topological polar surface area (TPSA) is 54.5 Å². The third kappa shape index (κ3) is 2.65. The van der Waals surface area contributed by atoms with Gasteiger partial charge in [-0.05, 0) is 19.1 Å². The fourth-order valence-electron chi connectivity index (χ4n) is 1.84. The smallest absolute Gasteiger partial charge is 0.243 e. The Kier molecular flexibility index (Phi) is 3.89. The Morgan fingerprint density at radius 3 is 2.44 bits per heavy atom. The number of Topliss-reactive ketones (excluding diaryl/α,β-unsaturated/α-hetero) is 1. The van der Waals surface area contributed by atoms with Gasteiger partial charge < -0.3 is 0 Å². The van der Waals surface area contributed by atoms with Crippen LogP contribution in [0.25, 0.3) is 0 Å². The van der Waals surface area contributed by atoms with Gasteiger partial charge in [-0.15, -0.1) is 0 Å². The van der Waals surface area contributed by atoms with Crippen LogP contribution in [0.3, 0.4) is 0 Å². The number of halogens is 1. The molecule has 2 rings (SSSR count). The normalized spacial score (nSPS) is 22.1. The van der Waals surface area contributed by atoms with Crippen molar-refractivity contribution in [3.63, 3.8) is 0 Å². The van der Waals surface area contributed by atoms with E-state index in [1.807, 2.05) is 6.92 Å². The van der Waals surface area contributed by atoms with Gasteiger partial charge in [-0.3, -0.25) is 4.79 Å². The zero-order valence-corrected chi connectivity index (χ0v) is 12.4. The molecule has 0 amide bonds. The molecule has 1 aromatic carbocycles. The van der Waals surface area contributed by atoms with Gasteiger partial charge in [-0.2, -0.15) is 4.31 Å². The van der Waals surface area contributed by atoms with Crippen molar-refractivity contribution < 1.29 is 13.2 Å². The molecule has 1 heterocycles. The van der Waals surface area contributed by atoms with E-state index in [1.165, 1.54) is 4.31 Å². The van der Waals surface area contributed by atoms with Gasteiger partial charge >= 0.3 is 0 Å². The third-order valence-electron chi connectivity index (χ3n) is 2.98. The Morgan fingerprint density at radius 1 is 1.28 bits per heavy atom. The zero-order valence-electron chi connectivity index (χ0n) is 9.97. The monoisotopic (exact) mass is 331 g/mol. The van der Waals surface area contributed by atoms with Crippen LogP contribution >= 0.6 is 15.9 Å². The molecule has 1 aliphatic heterocycles. The number of hydrogen-bond acceptors (Lipinski definition) is 3. The first-order chi connectivity index (χ1) is 8.41. The highest BCUT2D eigenvalue weighted by atomic mass is 79.9. The maximum Gasteiger partial charge on any atom is 0.243 e. The van der Waals surface area contributed by atoms with E-state index in [9.17, 15) is 13.2 Å². The quantitative estimate of drug-likeness (QED) is 0.775. The number of aryl methyl sites for hydroxylation is 1. The molecule has 0 aromatic heterocycles. The van der Waals surface area contributed by atoms with Crippen molar-refractivity contribution in [3.8, 4) is 0 Å². The Balaban J connectivity index is 2.26. The number of carbonyl (C=O) groups is 1. The number of sulfonamides is 1. The van der Waals surface area contributed by atoms with Crippen LogP contribution in [0.1, 0.15) is 12.0 Å². The van der Waals surface area contributed by atoms with E-state index >= 15 is 0 Å². The summed E-state index contributed by atoms with van der Waals surface area (Å²) in [5.41, 5.74) is 1.01. The second-order valence-electron chi connectivity index (χ2n) is 4.36. The maximum atomic E-state index is 12.3. The van der Waals surface area contributed by atoms with Gasteiger partial charge in [0.1, 0.15) is 5.78 Å². The van der Waals surface area contributed by atoms with Gasteiger partial charge in [0, 0.05) is 19.5 Å². The Bertz CT molecular complexity index is 553. The van der Waals surface area contributed by atoms with Crippen LogP contribution in [0.4, 0.5) is 0 Å². The number of benzene rings is 1. The van der Waals surface area contributed by atoms with E-state index in [2.05, 4.69) is 15.9 Å². The summed E-state index contributed by atoms with van der Waals surface area (Å²) >= 11 is 3.22. The number of rotatable bonds is 2. The van der Waals surface area contributed by atoms with Crippen molar-refractivity contribution in [2.75, 3.05) is 13.1 Å². The van der Waals surface area contributed by atoms with Crippen LogP contribution in [0.15, 0.2) is 29.2 Å². The predicted molar refractivity (Wildman–Crippen MR) is 72.3 cm³/mol. The lowest BCUT2D eigenvalue weighted by atomic mass is 10.1. The average Bonchev–Trinajstić information content (AvgIpc) is 2.33. The number of ketones is 1. The first-order valence-corrected chi connectivity index (χ1v) is 8.00. The van der Waals surface area contributed by atoms with E-state index in [1.54, 1.807) is 24.3 Å². The van der Waals surface area contributed by atoms with Crippen molar-refractivity contribution in [2.45, 2.75) is 23.1 Å². The van der Waals surface area contributed by atoms with Crippen LogP contribution in [-0.2, 0) is 14.8 Å². The molecule has 0 bridgehead atoms. The van der Waals surface area contributed by atoms with Gasteiger partial charge in [0.2, 0.25) is 10.0 Å². The maximum absolute atomic E-state index is 12.3.